The Morgan fingerprint density at radius 2 is 1.02 bits per heavy atom. The van der Waals surface area contributed by atoms with Gasteiger partial charge in [-0.3, -0.25) is 0 Å². The molecule has 5 heteroatoms. The molecule has 0 saturated carbocycles. The van der Waals surface area contributed by atoms with Crippen molar-refractivity contribution in [2.24, 2.45) is 0 Å². The van der Waals surface area contributed by atoms with Crippen LogP contribution in [0.2, 0.25) is 18.1 Å². The number of fused-ring (bicyclic) bond motifs is 6. The summed E-state index contributed by atoms with van der Waals surface area (Å²) < 4.78 is 6.98. The molecule has 218 valence electrons. The first-order chi connectivity index (χ1) is 19.1. The molecule has 42 heavy (non-hydrogen) atoms. The summed E-state index contributed by atoms with van der Waals surface area (Å²) in [4.78, 5) is 0. The summed E-state index contributed by atoms with van der Waals surface area (Å²) in [5, 5.41) is 0. The van der Waals surface area contributed by atoms with Crippen molar-refractivity contribution in [3.63, 3.8) is 0 Å². The van der Waals surface area contributed by atoms with Gasteiger partial charge in [0, 0.05) is 12.0 Å². The zero-order chi connectivity index (χ0) is 27.0. The van der Waals surface area contributed by atoms with Gasteiger partial charge in [-0.25, -0.2) is 0 Å². The molecule has 0 radical (unpaired) electrons. The predicted molar refractivity (Wildman–Crippen MR) is 168 cm³/mol. The number of halogens is 2. The molecule has 0 N–H and O–H groups in total. The molecular weight excluding hydrogens is 651 g/mol. The number of hydrogen-bond acceptors (Lipinski definition) is 1. The summed E-state index contributed by atoms with van der Waals surface area (Å²) in [6.07, 6.45) is 4.14. The number of rotatable bonds is 10. The van der Waals surface area contributed by atoms with Gasteiger partial charge in [-0.1, -0.05) is 113 Å². The monoisotopic (exact) mass is 690 g/mol. The maximum Gasteiger partial charge on any atom is 2.00 e. The number of hydrogen-bond donors (Lipinski definition) is 0. The molecule has 0 unspecified atom stereocenters. The SMILES string of the molecule is CCC(CCO[Si](CC)(CC)CC)(c1cccc2c1Cc1ccccc1-2)c1cccc2c1Cc1ccccc1-2.[Cl-].[Cl-].[Zr+2]. The van der Waals surface area contributed by atoms with E-state index in [0.29, 0.717) is 0 Å². The van der Waals surface area contributed by atoms with E-state index in [0.717, 1.165) is 32.3 Å². The topological polar surface area (TPSA) is 9.23 Å². The maximum atomic E-state index is 6.98. The Bertz CT molecular complexity index is 1410. The largest absolute Gasteiger partial charge is 2.00 e. The zero-order valence-corrected chi connectivity index (χ0v) is 30.4. The van der Waals surface area contributed by atoms with Gasteiger partial charge in [-0.05, 0) is 99.5 Å². The molecule has 0 bridgehead atoms. The Morgan fingerprint density at radius 1 is 0.595 bits per heavy atom. The fraction of sp³-hybridized carbons (Fsp3) is 0.351. The zero-order valence-electron chi connectivity index (χ0n) is 25.4. The first kappa shape index (κ1) is 35.0. The minimum atomic E-state index is -1.68. The second kappa shape index (κ2) is 14.5. The Kier molecular flexibility index (Phi) is 12.1. The van der Waals surface area contributed by atoms with Crippen LogP contribution in [-0.2, 0) is 48.9 Å². The summed E-state index contributed by atoms with van der Waals surface area (Å²) in [6, 6.07) is 35.8. The summed E-state index contributed by atoms with van der Waals surface area (Å²) >= 11 is 0. The van der Waals surface area contributed by atoms with Crippen LogP contribution < -0.4 is 24.8 Å². The van der Waals surface area contributed by atoms with Crippen molar-refractivity contribution < 1.29 is 55.4 Å². The normalized spacial score (nSPS) is 12.7. The van der Waals surface area contributed by atoms with Crippen LogP contribution in [0.3, 0.4) is 0 Å². The molecule has 1 nitrogen and oxygen atoms in total. The molecule has 4 aromatic carbocycles. The first-order valence-corrected chi connectivity index (χ1v) is 17.7. The third-order valence-corrected chi connectivity index (χ3v) is 14.9. The van der Waals surface area contributed by atoms with Crippen molar-refractivity contribution in [2.75, 3.05) is 6.61 Å². The van der Waals surface area contributed by atoms with Gasteiger partial charge in [0.15, 0.2) is 8.32 Å². The van der Waals surface area contributed by atoms with E-state index < -0.39 is 8.32 Å². The second-order valence-corrected chi connectivity index (χ2v) is 16.4. The average Bonchev–Trinajstić information content (AvgIpc) is 3.57. The van der Waals surface area contributed by atoms with Gasteiger partial charge < -0.3 is 29.2 Å². The van der Waals surface area contributed by atoms with Crippen LogP contribution in [0.4, 0.5) is 0 Å². The molecule has 0 atom stereocenters. The molecule has 0 spiro atoms. The van der Waals surface area contributed by atoms with Gasteiger partial charge in [-0.2, -0.15) is 0 Å². The average molecular weight is 693 g/mol. The summed E-state index contributed by atoms with van der Waals surface area (Å²) in [7, 11) is -1.68. The van der Waals surface area contributed by atoms with Crippen molar-refractivity contribution >= 4 is 8.32 Å². The van der Waals surface area contributed by atoms with Crippen molar-refractivity contribution in [3.8, 4) is 22.3 Å². The molecule has 0 amide bonds. The third-order valence-electron chi connectivity index (χ3n) is 10.2. The molecule has 0 heterocycles. The fourth-order valence-electron chi connectivity index (χ4n) is 7.68. The van der Waals surface area contributed by atoms with Crippen LogP contribution in [-0.4, -0.2) is 14.9 Å². The van der Waals surface area contributed by atoms with Gasteiger partial charge in [-0.15, -0.1) is 0 Å². The number of benzene rings is 4. The fourth-order valence-corrected chi connectivity index (χ4v) is 10.3. The van der Waals surface area contributed by atoms with Crippen LogP contribution in [0.1, 0.15) is 73.9 Å². The quantitative estimate of drug-likeness (QED) is 0.198. The second-order valence-electron chi connectivity index (χ2n) is 11.6. The summed E-state index contributed by atoms with van der Waals surface area (Å²) in [5.41, 5.74) is 14.6. The van der Waals surface area contributed by atoms with Crippen molar-refractivity contribution in [3.05, 3.63) is 118 Å². The van der Waals surface area contributed by atoms with E-state index in [1.807, 2.05) is 0 Å². The molecular formula is C37H42Cl2OSiZr. The molecule has 0 aliphatic heterocycles. The minimum Gasteiger partial charge on any atom is -1.00 e. The smallest absolute Gasteiger partial charge is 1.00 e. The van der Waals surface area contributed by atoms with Crippen molar-refractivity contribution in [1.82, 2.24) is 0 Å². The molecule has 0 fully saturated rings. The van der Waals surface area contributed by atoms with Crippen molar-refractivity contribution in [1.29, 1.82) is 0 Å². The van der Waals surface area contributed by atoms with Gasteiger partial charge in [0.1, 0.15) is 0 Å². The van der Waals surface area contributed by atoms with Gasteiger partial charge in [0.25, 0.3) is 0 Å². The van der Waals surface area contributed by atoms with E-state index in [-0.39, 0.29) is 56.4 Å². The molecule has 2 aliphatic rings. The van der Waals surface area contributed by atoms with Crippen LogP contribution in [0.25, 0.3) is 22.3 Å². The first-order valence-electron chi connectivity index (χ1n) is 15.1. The van der Waals surface area contributed by atoms with Crippen molar-refractivity contribution in [2.45, 2.75) is 76.9 Å². The Balaban J connectivity index is 0.00000161. The molecule has 0 saturated heterocycles. The minimum absolute atomic E-state index is 0. The van der Waals surface area contributed by atoms with Crippen LogP contribution in [0.15, 0.2) is 84.9 Å². The molecule has 2 aliphatic carbocycles. The van der Waals surface area contributed by atoms with Gasteiger partial charge >= 0.3 is 26.2 Å². The Morgan fingerprint density at radius 3 is 1.45 bits per heavy atom. The van der Waals surface area contributed by atoms with Gasteiger partial charge in [0.2, 0.25) is 0 Å². The van der Waals surface area contributed by atoms with Crippen LogP contribution in [0, 0.1) is 0 Å². The Hall–Kier alpha value is -1.48. The third kappa shape index (κ3) is 5.82. The van der Waals surface area contributed by atoms with E-state index in [2.05, 4.69) is 113 Å². The summed E-state index contributed by atoms with van der Waals surface area (Å²) in [6.45, 7) is 10.3. The van der Waals surface area contributed by atoms with E-state index in [9.17, 15) is 0 Å². The van der Waals surface area contributed by atoms with Crippen LogP contribution >= 0.6 is 0 Å². The van der Waals surface area contributed by atoms with E-state index in [4.69, 9.17) is 4.43 Å². The maximum absolute atomic E-state index is 6.98. The van der Waals surface area contributed by atoms with E-state index >= 15 is 0 Å². The standard InChI is InChI=1S/C37H42OSi.2ClH.Zr/c1-5-37(23-24-38-39(6-2,7-3)8-4,35-21-13-19-31-29-17-11-9-15-27(29)25-33(31)35)36-22-14-20-32-30-18-12-10-16-28(30)26-34(32)36;;;/h9-22H,5-8,23-26H2,1-4H3;2*1H;/q;;;+2/p-2. The summed E-state index contributed by atoms with van der Waals surface area (Å²) in [5.74, 6) is 0. The predicted octanol–water partition coefficient (Wildman–Crippen LogP) is 3.94. The molecule has 0 aromatic heterocycles. The molecule has 6 rings (SSSR count). The van der Waals surface area contributed by atoms with E-state index in [1.165, 1.54) is 73.8 Å². The van der Waals surface area contributed by atoms with Crippen LogP contribution in [0.5, 0.6) is 0 Å². The van der Waals surface area contributed by atoms with E-state index in [1.54, 1.807) is 0 Å². The molecule has 4 aromatic rings. The Labute approximate surface area is 286 Å². The van der Waals surface area contributed by atoms with Gasteiger partial charge in [0.05, 0.1) is 0 Å².